The Labute approximate surface area is 109 Å². The monoisotopic (exact) mass is 263 g/mol. The van der Waals surface area contributed by atoms with Gasteiger partial charge in [-0.25, -0.2) is 14.4 Å². The van der Waals surface area contributed by atoms with Gasteiger partial charge >= 0.3 is 0 Å². The maximum absolute atomic E-state index is 13.6. The minimum absolute atomic E-state index is 0.101. The van der Waals surface area contributed by atoms with E-state index in [1.165, 1.54) is 12.1 Å². The van der Waals surface area contributed by atoms with E-state index in [1.807, 2.05) is 0 Å². The number of thiocarbonyl (C=S) groups is 1. The molecule has 0 amide bonds. The van der Waals surface area contributed by atoms with Crippen molar-refractivity contribution in [3.63, 3.8) is 0 Å². The summed E-state index contributed by atoms with van der Waals surface area (Å²) in [6.07, 6.45) is 3.19. The molecular weight excluding hydrogens is 253 g/mol. The predicted molar refractivity (Wildman–Crippen MR) is 68.7 cm³/mol. The molecule has 2 aromatic rings. The van der Waals surface area contributed by atoms with Crippen molar-refractivity contribution in [2.45, 2.75) is 6.61 Å². The van der Waals surface area contributed by atoms with Crippen LogP contribution in [0.3, 0.4) is 0 Å². The number of hydrogen-bond donors (Lipinski definition) is 1. The third-order valence-electron chi connectivity index (χ3n) is 2.19. The van der Waals surface area contributed by atoms with E-state index in [9.17, 15) is 4.39 Å². The van der Waals surface area contributed by atoms with E-state index < -0.39 is 5.82 Å². The SMILES string of the molecule is NC(=S)c1ccc(OCc2ncccn2)c(F)c1. The van der Waals surface area contributed by atoms with Gasteiger partial charge in [0.2, 0.25) is 0 Å². The second-order valence-electron chi connectivity index (χ2n) is 3.46. The smallest absolute Gasteiger partial charge is 0.166 e. The van der Waals surface area contributed by atoms with Gasteiger partial charge in [0, 0.05) is 18.0 Å². The van der Waals surface area contributed by atoms with Gasteiger partial charge in [-0.15, -0.1) is 0 Å². The molecule has 1 aromatic carbocycles. The first-order valence-corrected chi connectivity index (χ1v) is 5.55. The molecule has 92 valence electrons. The molecule has 0 saturated carbocycles. The highest BCUT2D eigenvalue weighted by Crippen LogP contribution is 2.19. The average molecular weight is 263 g/mol. The van der Waals surface area contributed by atoms with E-state index in [2.05, 4.69) is 9.97 Å². The summed E-state index contributed by atoms with van der Waals surface area (Å²) in [5.74, 6) is 0.0778. The number of rotatable bonds is 4. The molecule has 0 spiro atoms. The number of aromatic nitrogens is 2. The number of halogens is 1. The molecule has 1 aromatic heterocycles. The van der Waals surface area contributed by atoms with Gasteiger partial charge in [0.15, 0.2) is 17.4 Å². The van der Waals surface area contributed by atoms with Gasteiger partial charge in [0.25, 0.3) is 0 Å². The van der Waals surface area contributed by atoms with Gasteiger partial charge in [0.05, 0.1) is 0 Å². The molecule has 0 aliphatic carbocycles. The molecule has 1 heterocycles. The van der Waals surface area contributed by atoms with Crippen LogP contribution in [0.25, 0.3) is 0 Å². The van der Waals surface area contributed by atoms with Crippen LogP contribution in [0.15, 0.2) is 36.7 Å². The Bertz CT molecular complexity index is 563. The largest absolute Gasteiger partial charge is 0.483 e. The molecule has 2 N–H and O–H groups in total. The maximum atomic E-state index is 13.6. The quantitative estimate of drug-likeness (QED) is 0.853. The molecule has 0 bridgehead atoms. The van der Waals surface area contributed by atoms with E-state index in [-0.39, 0.29) is 17.3 Å². The van der Waals surface area contributed by atoms with Crippen LogP contribution >= 0.6 is 12.2 Å². The summed E-state index contributed by atoms with van der Waals surface area (Å²) in [6.45, 7) is 0.101. The molecule has 0 radical (unpaired) electrons. The standard InChI is InChI=1S/C12H10FN3OS/c13-9-6-8(12(14)18)2-3-10(9)17-7-11-15-4-1-5-16-11/h1-6H,7H2,(H2,14,18). The lowest BCUT2D eigenvalue weighted by atomic mass is 10.2. The minimum atomic E-state index is -0.517. The fraction of sp³-hybridized carbons (Fsp3) is 0.0833. The maximum Gasteiger partial charge on any atom is 0.166 e. The summed E-state index contributed by atoms with van der Waals surface area (Å²) in [4.78, 5) is 8.09. The van der Waals surface area contributed by atoms with Gasteiger partial charge < -0.3 is 10.5 Å². The zero-order chi connectivity index (χ0) is 13.0. The molecule has 6 heteroatoms. The third kappa shape index (κ3) is 2.98. The van der Waals surface area contributed by atoms with Crippen LogP contribution in [0.2, 0.25) is 0 Å². The summed E-state index contributed by atoms with van der Waals surface area (Å²) in [6, 6.07) is 6.02. The molecule has 0 unspecified atom stereocenters. The van der Waals surface area contributed by atoms with Crippen LogP contribution in [0.5, 0.6) is 5.75 Å². The first-order valence-electron chi connectivity index (χ1n) is 5.15. The second-order valence-corrected chi connectivity index (χ2v) is 3.90. The highest BCUT2D eigenvalue weighted by molar-refractivity contribution is 7.80. The van der Waals surface area contributed by atoms with E-state index >= 15 is 0 Å². The van der Waals surface area contributed by atoms with Gasteiger partial charge in [-0.3, -0.25) is 0 Å². The molecule has 0 saturated heterocycles. The summed E-state index contributed by atoms with van der Waals surface area (Å²) >= 11 is 4.76. The molecule has 0 atom stereocenters. The summed E-state index contributed by atoms with van der Waals surface area (Å²) in [7, 11) is 0. The van der Waals surface area contributed by atoms with Crippen LogP contribution in [-0.2, 0) is 6.61 Å². The van der Waals surface area contributed by atoms with Gasteiger partial charge in [-0.05, 0) is 24.3 Å². The first-order chi connectivity index (χ1) is 8.66. The molecule has 4 nitrogen and oxygen atoms in total. The summed E-state index contributed by atoms with van der Waals surface area (Å²) in [5.41, 5.74) is 5.87. The number of ether oxygens (including phenoxy) is 1. The molecule has 0 aliphatic rings. The molecular formula is C12H10FN3OS. The Hall–Kier alpha value is -2.08. The number of hydrogen-bond acceptors (Lipinski definition) is 4. The zero-order valence-corrected chi connectivity index (χ0v) is 10.2. The van der Waals surface area contributed by atoms with Crippen LogP contribution in [0.1, 0.15) is 11.4 Å². The molecule has 0 fully saturated rings. The topological polar surface area (TPSA) is 61.0 Å². The van der Waals surface area contributed by atoms with Crippen molar-refractivity contribution >= 4 is 17.2 Å². The van der Waals surface area contributed by atoms with E-state index in [1.54, 1.807) is 24.5 Å². The Morgan fingerprint density at radius 2 is 2.06 bits per heavy atom. The Kier molecular flexibility index (Phi) is 3.78. The predicted octanol–water partition coefficient (Wildman–Crippen LogP) is 1.83. The van der Waals surface area contributed by atoms with E-state index in [0.717, 1.165) is 0 Å². The third-order valence-corrected chi connectivity index (χ3v) is 2.43. The van der Waals surface area contributed by atoms with Crippen molar-refractivity contribution in [1.29, 1.82) is 0 Å². The van der Waals surface area contributed by atoms with Crippen LogP contribution in [-0.4, -0.2) is 15.0 Å². The van der Waals surface area contributed by atoms with Crippen molar-refractivity contribution in [3.05, 3.63) is 53.9 Å². The number of nitrogens with two attached hydrogens (primary N) is 1. The van der Waals surface area contributed by atoms with E-state index in [0.29, 0.717) is 11.4 Å². The van der Waals surface area contributed by atoms with Crippen LogP contribution in [0.4, 0.5) is 4.39 Å². The lowest BCUT2D eigenvalue weighted by Crippen LogP contribution is -2.10. The zero-order valence-electron chi connectivity index (χ0n) is 9.34. The Morgan fingerprint density at radius 3 is 2.67 bits per heavy atom. The fourth-order valence-electron chi connectivity index (χ4n) is 1.32. The van der Waals surface area contributed by atoms with Gasteiger partial charge in [0.1, 0.15) is 11.6 Å². The van der Waals surface area contributed by atoms with E-state index in [4.69, 9.17) is 22.7 Å². The Balaban J connectivity index is 2.08. The molecule has 2 rings (SSSR count). The lowest BCUT2D eigenvalue weighted by molar-refractivity contribution is 0.281. The first kappa shape index (κ1) is 12.4. The van der Waals surface area contributed by atoms with Crippen LogP contribution < -0.4 is 10.5 Å². The lowest BCUT2D eigenvalue weighted by Gasteiger charge is -2.07. The van der Waals surface area contributed by atoms with Crippen molar-refractivity contribution < 1.29 is 9.13 Å². The highest BCUT2D eigenvalue weighted by atomic mass is 32.1. The van der Waals surface area contributed by atoms with Crippen molar-refractivity contribution in [3.8, 4) is 5.75 Å². The Morgan fingerprint density at radius 1 is 1.33 bits per heavy atom. The second kappa shape index (κ2) is 5.50. The minimum Gasteiger partial charge on any atom is -0.483 e. The fourth-order valence-corrected chi connectivity index (χ4v) is 1.44. The van der Waals surface area contributed by atoms with Crippen LogP contribution in [0, 0.1) is 5.82 Å². The highest BCUT2D eigenvalue weighted by Gasteiger charge is 2.07. The van der Waals surface area contributed by atoms with Gasteiger partial charge in [-0.2, -0.15) is 0 Å². The summed E-state index contributed by atoms with van der Waals surface area (Å²) in [5, 5.41) is 0. The van der Waals surface area contributed by atoms with Crippen molar-refractivity contribution in [1.82, 2.24) is 9.97 Å². The normalized spacial score (nSPS) is 10.1. The molecule has 18 heavy (non-hydrogen) atoms. The van der Waals surface area contributed by atoms with Crippen molar-refractivity contribution in [2.24, 2.45) is 5.73 Å². The number of nitrogens with zero attached hydrogens (tertiary/aromatic N) is 2. The van der Waals surface area contributed by atoms with Gasteiger partial charge in [-0.1, -0.05) is 12.2 Å². The number of benzene rings is 1. The molecule has 0 aliphatic heterocycles. The van der Waals surface area contributed by atoms with Crippen molar-refractivity contribution in [2.75, 3.05) is 0 Å². The average Bonchev–Trinajstić information content (AvgIpc) is 2.38. The summed E-state index contributed by atoms with van der Waals surface area (Å²) < 4.78 is 18.9.